The van der Waals surface area contributed by atoms with Gasteiger partial charge in [-0.05, 0) is 55.8 Å². The smallest absolute Gasteiger partial charge is 0.255 e. The van der Waals surface area contributed by atoms with E-state index in [9.17, 15) is 9.59 Å². The Hall–Kier alpha value is -2.95. The van der Waals surface area contributed by atoms with E-state index in [1.165, 1.54) is 34.4 Å². The van der Waals surface area contributed by atoms with Crippen molar-refractivity contribution in [2.45, 2.75) is 36.3 Å². The van der Waals surface area contributed by atoms with Crippen LogP contribution in [0.2, 0.25) is 0 Å². The molecule has 0 fully saturated rings. The molecule has 2 amide bonds. The number of anilines is 2. The molecule has 0 aliphatic carbocycles. The number of hydrogen-bond donors (Lipinski definition) is 2. The summed E-state index contributed by atoms with van der Waals surface area (Å²) in [5.41, 5.74) is 2.07. The molecule has 2 aromatic carbocycles. The maximum absolute atomic E-state index is 12.7. The monoisotopic (exact) mass is 512 g/mol. The molecule has 2 N–H and O–H groups in total. The second kappa shape index (κ2) is 11.5. The lowest BCUT2D eigenvalue weighted by molar-refractivity contribution is -0.115. The van der Waals surface area contributed by atoms with Crippen molar-refractivity contribution in [3.05, 3.63) is 59.6 Å². The van der Waals surface area contributed by atoms with E-state index in [-0.39, 0.29) is 17.1 Å². The molecule has 7 nitrogen and oxygen atoms in total. The molecule has 2 aromatic heterocycles. The van der Waals surface area contributed by atoms with E-state index in [0.29, 0.717) is 23.0 Å². The minimum atomic E-state index is -0.322. The average Bonchev–Trinajstić information content (AvgIpc) is 3.48. The Balaban J connectivity index is 1.37. The highest BCUT2D eigenvalue weighted by molar-refractivity contribution is 8.02. The minimum absolute atomic E-state index is 0.117. The number of nitrogens with zero attached hydrogens (tertiary/aromatic N) is 2. The van der Waals surface area contributed by atoms with Crippen LogP contribution in [0.1, 0.15) is 37.0 Å². The van der Waals surface area contributed by atoms with E-state index in [1.54, 1.807) is 18.3 Å². The number of thiazole rings is 2. The summed E-state index contributed by atoms with van der Waals surface area (Å²) in [6.07, 6.45) is 3.73. The zero-order valence-electron chi connectivity index (χ0n) is 18.7. The molecule has 0 radical (unpaired) electrons. The minimum Gasteiger partial charge on any atom is -0.494 e. The maximum atomic E-state index is 12.7. The van der Waals surface area contributed by atoms with Gasteiger partial charge in [0.25, 0.3) is 5.91 Å². The summed E-state index contributed by atoms with van der Waals surface area (Å²) in [7, 11) is 0. The molecular weight excluding hydrogens is 488 g/mol. The fourth-order valence-corrected chi connectivity index (χ4v) is 5.75. The number of ether oxygens (including phenoxy) is 1. The molecule has 2 heterocycles. The van der Waals surface area contributed by atoms with Crippen molar-refractivity contribution in [2.24, 2.45) is 0 Å². The van der Waals surface area contributed by atoms with Crippen molar-refractivity contribution in [2.75, 3.05) is 17.2 Å². The number of rotatable bonds is 10. The number of aromatic nitrogens is 2. The van der Waals surface area contributed by atoms with Gasteiger partial charge in [-0.15, -0.1) is 22.7 Å². The van der Waals surface area contributed by atoms with Crippen LogP contribution in [0.25, 0.3) is 10.2 Å². The van der Waals surface area contributed by atoms with Gasteiger partial charge in [0, 0.05) is 22.8 Å². The highest BCUT2D eigenvalue weighted by atomic mass is 32.2. The number of nitrogens with one attached hydrogen (secondary N) is 2. The highest BCUT2D eigenvalue weighted by Crippen LogP contribution is 2.34. The Morgan fingerprint density at radius 2 is 1.97 bits per heavy atom. The van der Waals surface area contributed by atoms with Gasteiger partial charge in [-0.3, -0.25) is 9.59 Å². The van der Waals surface area contributed by atoms with Gasteiger partial charge >= 0.3 is 0 Å². The summed E-state index contributed by atoms with van der Waals surface area (Å²) in [6, 6.07) is 12.7. The quantitative estimate of drug-likeness (QED) is 0.191. The van der Waals surface area contributed by atoms with Crippen molar-refractivity contribution < 1.29 is 14.3 Å². The Morgan fingerprint density at radius 1 is 1.15 bits per heavy atom. The summed E-state index contributed by atoms with van der Waals surface area (Å²) in [5, 5.41) is 7.82. The van der Waals surface area contributed by atoms with Crippen molar-refractivity contribution in [1.82, 2.24) is 9.97 Å². The molecule has 0 saturated carbocycles. The molecule has 4 rings (SSSR count). The number of benzene rings is 2. The molecule has 0 bridgehead atoms. The van der Waals surface area contributed by atoms with E-state index in [1.807, 2.05) is 42.6 Å². The fraction of sp³-hybridized carbons (Fsp3) is 0.250. The normalized spacial score (nSPS) is 11.8. The second-order valence-corrected chi connectivity index (χ2v) is 10.9. The van der Waals surface area contributed by atoms with Gasteiger partial charge < -0.3 is 15.4 Å². The van der Waals surface area contributed by atoms with Crippen LogP contribution in [0.15, 0.2) is 58.4 Å². The molecule has 0 saturated heterocycles. The van der Waals surface area contributed by atoms with Crippen molar-refractivity contribution >= 4 is 67.3 Å². The largest absolute Gasteiger partial charge is 0.494 e. The van der Waals surface area contributed by atoms with Crippen LogP contribution in [0.3, 0.4) is 0 Å². The Labute approximate surface area is 210 Å². The van der Waals surface area contributed by atoms with Gasteiger partial charge in [0.15, 0.2) is 9.47 Å². The predicted octanol–water partition coefficient (Wildman–Crippen LogP) is 6.30. The first kappa shape index (κ1) is 24.2. The Kier molecular flexibility index (Phi) is 8.15. The Morgan fingerprint density at radius 3 is 2.71 bits per heavy atom. The van der Waals surface area contributed by atoms with Crippen LogP contribution in [0.5, 0.6) is 5.75 Å². The summed E-state index contributed by atoms with van der Waals surface area (Å²) >= 11 is 4.27. The molecule has 34 heavy (non-hydrogen) atoms. The van der Waals surface area contributed by atoms with Crippen LogP contribution < -0.4 is 15.4 Å². The molecule has 176 valence electrons. The summed E-state index contributed by atoms with van der Waals surface area (Å²) < 4.78 is 7.38. The zero-order valence-corrected chi connectivity index (χ0v) is 21.2. The third kappa shape index (κ3) is 6.34. The number of hydrogen-bond acceptors (Lipinski definition) is 8. The lowest BCUT2D eigenvalue weighted by atomic mass is 10.2. The van der Waals surface area contributed by atoms with Crippen molar-refractivity contribution in [3.63, 3.8) is 0 Å². The van der Waals surface area contributed by atoms with Gasteiger partial charge in [0.2, 0.25) is 5.91 Å². The molecule has 0 unspecified atom stereocenters. The van der Waals surface area contributed by atoms with Gasteiger partial charge in [-0.2, -0.15) is 0 Å². The zero-order chi connectivity index (χ0) is 23.9. The number of unbranched alkanes of at least 4 members (excludes halogenated alkanes) is 1. The highest BCUT2D eigenvalue weighted by Gasteiger charge is 2.18. The van der Waals surface area contributed by atoms with Crippen LogP contribution in [-0.2, 0) is 4.79 Å². The molecular formula is C24H24N4O3S3. The first-order valence-electron chi connectivity index (χ1n) is 10.8. The third-order valence-electron chi connectivity index (χ3n) is 4.82. The number of amides is 2. The van der Waals surface area contributed by atoms with E-state index in [2.05, 4.69) is 27.5 Å². The molecule has 4 aromatic rings. The van der Waals surface area contributed by atoms with Crippen molar-refractivity contribution in [3.8, 4) is 5.75 Å². The SMILES string of the molecule is CCCCOc1ccc(C(=O)Nc2ccc3nc(S[C@@H](C)C(=O)Nc4nccs4)sc3c2)cc1. The standard InChI is InChI=1S/C24H24N4O3S3/c1-3-4-12-31-18-8-5-16(6-9-18)22(30)26-17-7-10-19-20(14-17)34-24(27-19)33-15(2)21(29)28-23-25-11-13-32-23/h5-11,13-15H,3-4,12H2,1-2H3,(H,26,30)(H,25,28,29)/t15-/m0/s1. The number of fused-ring (bicyclic) bond motifs is 1. The van der Waals surface area contributed by atoms with Crippen LogP contribution in [0.4, 0.5) is 10.8 Å². The van der Waals surface area contributed by atoms with E-state index < -0.39 is 0 Å². The molecule has 0 aliphatic heterocycles. The first-order chi connectivity index (χ1) is 16.5. The predicted molar refractivity (Wildman–Crippen MR) is 140 cm³/mol. The van der Waals surface area contributed by atoms with Crippen molar-refractivity contribution in [1.29, 1.82) is 0 Å². The molecule has 1 atom stereocenters. The maximum Gasteiger partial charge on any atom is 0.255 e. The fourth-order valence-electron chi connectivity index (χ4n) is 2.97. The van der Waals surface area contributed by atoms with Crippen LogP contribution >= 0.6 is 34.4 Å². The van der Waals surface area contributed by atoms with Gasteiger partial charge in [0.05, 0.1) is 22.1 Å². The summed E-state index contributed by atoms with van der Waals surface area (Å²) in [4.78, 5) is 33.7. The number of thioether (sulfide) groups is 1. The lowest BCUT2D eigenvalue weighted by Gasteiger charge is -2.08. The molecule has 10 heteroatoms. The van der Waals surface area contributed by atoms with Gasteiger partial charge in [-0.1, -0.05) is 25.1 Å². The van der Waals surface area contributed by atoms with E-state index >= 15 is 0 Å². The van der Waals surface area contributed by atoms with Gasteiger partial charge in [-0.25, -0.2) is 9.97 Å². The molecule has 0 aliphatic rings. The number of carbonyl (C=O) groups excluding carboxylic acids is 2. The van der Waals surface area contributed by atoms with Crippen LogP contribution in [0, 0.1) is 0 Å². The topological polar surface area (TPSA) is 93.2 Å². The molecule has 0 spiro atoms. The third-order valence-corrected chi connectivity index (χ3v) is 7.72. The van der Waals surface area contributed by atoms with E-state index in [4.69, 9.17) is 4.74 Å². The van der Waals surface area contributed by atoms with E-state index in [0.717, 1.165) is 33.1 Å². The van der Waals surface area contributed by atoms with Gasteiger partial charge in [0.1, 0.15) is 5.75 Å². The Bertz CT molecular complexity index is 1260. The lowest BCUT2D eigenvalue weighted by Crippen LogP contribution is -2.22. The number of carbonyl (C=O) groups is 2. The summed E-state index contributed by atoms with van der Waals surface area (Å²) in [6.45, 7) is 4.63. The van der Waals surface area contributed by atoms with Crippen LogP contribution in [-0.4, -0.2) is 33.6 Å². The summed E-state index contributed by atoms with van der Waals surface area (Å²) in [5.74, 6) is 0.454. The average molecular weight is 513 g/mol. The second-order valence-electron chi connectivity index (χ2n) is 7.43. The first-order valence-corrected chi connectivity index (χ1v) is 13.4.